The van der Waals surface area contributed by atoms with Crippen molar-refractivity contribution < 1.29 is 4.84 Å². The molecule has 0 saturated carbocycles. The number of hydrogen-bond donors (Lipinski definition) is 1. The first kappa shape index (κ1) is 9.74. The van der Waals surface area contributed by atoms with E-state index in [1.54, 1.807) is 6.21 Å². The second kappa shape index (κ2) is 6.20. The summed E-state index contributed by atoms with van der Waals surface area (Å²) >= 11 is 0. The molecular weight excluding hydrogens is 164 g/mol. The predicted octanol–water partition coefficient (Wildman–Crippen LogP) is 1.54. The molecule has 0 aromatic heterocycles. The molecule has 2 N–H and O–H groups in total. The minimum absolute atomic E-state index is 0.516. The van der Waals surface area contributed by atoms with Crippen LogP contribution in [-0.4, -0.2) is 12.8 Å². The van der Waals surface area contributed by atoms with Crippen LogP contribution in [-0.2, 0) is 11.4 Å². The number of nitrogens with zero attached hydrogens (tertiary/aromatic N) is 1. The van der Waals surface area contributed by atoms with Crippen LogP contribution in [0.5, 0.6) is 0 Å². The number of benzene rings is 1. The molecule has 0 aliphatic heterocycles. The smallest absolute Gasteiger partial charge is 0.142 e. The van der Waals surface area contributed by atoms with Crippen molar-refractivity contribution in [2.45, 2.75) is 13.0 Å². The standard InChI is InChI=1S/C10H14N2O/c11-7-4-8-12-13-9-10-5-2-1-3-6-10/h1-3,5-6,8H,4,7,9,11H2. The average Bonchev–Trinajstić information content (AvgIpc) is 2.19. The summed E-state index contributed by atoms with van der Waals surface area (Å²) in [5.41, 5.74) is 6.39. The first-order chi connectivity index (χ1) is 6.43. The minimum atomic E-state index is 0.516. The lowest BCUT2D eigenvalue weighted by Gasteiger charge is -1.97. The quantitative estimate of drug-likeness (QED) is 0.549. The van der Waals surface area contributed by atoms with Crippen molar-refractivity contribution >= 4 is 6.21 Å². The van der Waals surface area contributed by atoms with Gasteiger partial charge in [-0.25, -0.2) is 0 Å². The molecule has 1 aromatic carbocycles. The van der Waals surface area contributed by atoms with Gasteiger partial charge in [0, 0.05) is 6.21 Å². The van der Waals surface area contributed by atoms with Gasteiger partial charge in [-0.15, -0.1) is 0 Å². The molecule has 0 aliphatic carbocycles. The first-order valence-corrected chi connectivity index (χ1v) is 4.31. The van der Waals surface area contributed by atoms with E-state index in [9.17, 15) is 0 Å². The predicted molar refractivity (Wildman–Crippen MR) is 53.4 cm³/mol. The topological polar surface area (TPSA) is 47.6 Å². The Morgan fingerprint density at radius 1 is 1.31 bits per heavy atom. The molecular formula is C10H14N2O. The lowest BCUT2D eigenvalue weighted by atomic mass is 10.2. The van der Waals surface area contributed by atoms with Gasteiger partial charge in [0.1, 0.15) is 6.61 Å². The van der Waals surface area contributed by atoms with Crippen LogP contribution in [0.3, 0.4) is 0 Å². The summed E-state index contributed by atoms with van der Waals surface area (Å²) in [4.78, 5) is 5.04. The van der Waals surface area contributed by atoms with Gasteiger partial charge in [0.05, 0.1) is 0 Å². The Morgan fingerprint density at radius 2 is 2.08 bits per heavy atom. The maximum absolute atomic E-state index is 5.28. The molecule has 0 bridgehead atoms. The van der Waals surface area contributed by atoms with E-state index in [4.69, 9.17) is 10.6 Å². The van der Waals surface area contributed by atoms with E-state index in [1.807, 2.05) is 30.3 Å². The molecule has 3 nitrogen and oxygen atoms in total. The Kier molecular flexibility index (Phi) is 4.64. The molecule has 0 amide bonds. The molecule has 3 heteroatoms. The van der Waals surface area contributed by atoms with Gasteiger partial charge >= 0.3 is 0 Å². The fourth-order valence-electron chi connectivity index (χ4n) is 0.866. The SMILES string of the molecule is NCCC=NOCc1ccccc1. The molecule has 0 fully saturated rings. The van der Waals surface area contributed by atoms with Crippen LogP contribution in [0.15, 0.2) is 35.5 Å². The molecule has 0 unspecified atom stereocenters. The van der Waals surface area contributed by atoms with E-state index in [-0.39, 0.29) is 0 Å². The van der Waals surface area contributed by atoms with E-state index in [1.165, 1.54) is 0 Å². The van der Waals surface area contributed by atoms with Crippen molar-refractivity contribution in [3.8, 4) is 0 Å². The first-order valence-electron chi connectivity index (χ1n) is 4.31. The number of hydrogen-bond acceptors (Lipinski definition) is 3. The molecule has 0 radical (unpaired) electrons. The van der Waals surface area contributed by atoms with Crippen molar-refractivity contribution in [1.82, 2.24) is 0 Å². The zero-order valence-electron chi connectivity index (χ0n) is 7.52. The van der Waals surface area contributed by atoms with E-state index in [0.29, 0.717) is 13.2 Å². The molecule has 1 rings (SSSR count). The summed E-state index contributed by atoms with van der Waals surface area (Å²) in [5.74, 6) is 0. The van der Waals surface area contributed by atoms with E-state index >= 15 is 0 Å². The van der Waals surface area contributed by atoms with Gasteiger partial charge in [0.15, 0.2) is 0 Å². The van der Waals surface area contributed by atoms with Crippen molar-refractivity contribution in [2.75, 3.05) is 6.54 Å². The molecule has 0 heterocycles. The van der Waals surface area contributed by atoms with Crippen LogP contribution in [0, 0.1) is 0 Å². The molecule has 70 valence electrons. The second-order valence-corrected chi connectivity index (χ2v) is 2.62. The zero-order chi connectivity index (χ0) is 9.36. The number of rotatable bonds is 5. The average molecular weight is 178 g/mol. The third kappa shape index (κ3) is 4.28. The molecule has 1 aromatic rings. The van der Waals surface area contributed by atoms with Crippen molar-refractivity contribution in [2.24, 2.45) is 10.9 Å². The highest BCUT2D eigenvalue weighted by Gasteiger charge is 1.88. The summed E-state index contributed by atoms with van der Waals surface area (Å²) in [7, 11) is 0. The van der Waals surface area contributed by atoms with Crippen LogP contribution in [0.4, 0.5) is 0 Å². The largest absolute Gasteiger partial charge is 0.391 e. The molecule has 0 saturated heterocycles. The summed E-state index contributed by atoms with van der Waals surface area (Å²) in [6.45, 7) is 1.13. The third-order valence-electron chi connectivity index (χ3n) is 1.52. The van der Waals surface area contributed by atoms with Gasteiger partial charge in [-0.1, -0.05) is 35.5 Å². The van der Waals surface area contributed by atoms with E-state index < -0.39 is 0 Å². The molecule has 0 aliphatic rings. The Balaban J connectivity index is 2.20. The van der Waals surface area contributed by atoms with Crippen molar-refractivity contribution in [3.05, 3.63) is 35.9 Å². The fraction of sp³-hybridized carbons (Fsp3) is 0.300. The van der Waals surface area contributed by atoms with Crippen LogP contribution in [0.1, 0.15) is 12.0 Å². The van der Waals surface area contributed by atoms with Gasteiger partial charge in [-0.3, -0.25) is 0 Å². The summed E-state index contributed by atoms with van der Waals surface area (Å²) < 4.78 is 0. The minimum Gasteiger partial charge on any atom is -0.391 e. The van der Waals surface area contributed by atoms with E-state index in [2.05, 4.69) is 5.16 Å². The van der Waals surface area contributed by atoms with Gasteiger partial charge in [-0.2, -0.15) is 0 Å². The van der Waals surface area contributed by atoms with Crippen molar-refractivity contribution in [3.63, 3.8) is 0 Å². The van der Waals surface area contributed by atoms with Crippen LogP contribution < -0.4 is 5.73 Å². The summed E-state index contributed by atoms with van der Waals surface area (Å²) in [6, 6.07) is 9.92. The van der Waals surface area contributed by atoms with Gasteiger partial charge in [0.25, 0.3) is 0 Å². The fourth-order valence-corrected chi connectivity index (χ4v) is 0.866. The normalized spacial score (nSPS) is 10.5. The zero-order valence-corrected chi connectivity index (χ0v) is 7.52. The van der Waals surface area contributed by atoms with Crippen LogP contribution in [0.25, 0.3) is 0 Å². The van der Waals surface area contributed by atoms with Gasteiger partial charge < -0.3 is 10.6 Å². The van der Waals surface area contributed by atoms with Gasteiger partial charge in [-0.05, 0) is 18.5 Å². The highest BCUT2D eigenvalue weighted by atomic mass is 16.6. The van der Waals surface area contributed by atoms with E-state index in [0.717, 1.165) is 12.0 Å². The Bertz CT molecular complexity index is 246. The highest BCUT2D eigenvalue weighted by molar-refractivity contribution is 5.56. The van der Waals surface area contributed by atoms with Gasteiger partial charge in [0.2, 0.25) is 0 Å². The molecule has 0 atom stereocenters. The lowest BCUT2D eigenvalue weighted by Crippen LogP contribution is -1.98. The third-order valence-corrected chi connectivity index (χ3v) is 1.52. The number of oxime groups is 1. The monoisotopic (exact) mass is 178 g/mol. The maximum atomic E-state index is 5.28. The Labute approximate surface area is 78.2 Å². The number of nitrogens with two attached hydrogens (primary N) is 1. The Morgan fingerprint density at radius 3 is 2.77 bits per heavy atom. The second-order valence-electron chi connectivity index (χ2n) is 2.62. The van der Waals surface area contributed by atoms with Crippen LogP contribution >= 0.6 is 0 Å². The van der Waals surface area contributed by atoms with Crippen molar-refractivity contribution in [1.29, 1.82) is 0 Å². The summed E-state index contributed by atoms with van der Waals surface area (Å²) in [5, 5.41) is 3.75. The molecule has 13 heavy (non-hydrogen) atoms. The lowest BCUT2D eigenvalue weighted by molar-refractivity contribution is 0.131. The molecule has 0 spiro atoms. The maximum Gasteiger partial charge on any atom is 0.142 e. The van der Waals surface area contributed by atoms with Crippen LogP contribution in [0.2, 0.25) is 0 Å². The Hall–Kier alpha value is -1.35. The highest BCUT2D eigenvalue weighted by Crippen LogP contribution is 1.99. The summed E-state index contributed by atoms with van der Waals surface area (Å²) in [6.07, 6.45) is 2.44.